The number of hydrogen-bond acceptors (Lipinski definition) is 5. The molecule has 0 aromatic carbocycles. The third-order valence-electron chi connectivity index (χ3n) is 1.92. The van der Waals surface area contributed by atoms with Gasteiger partial charge in [0.25, 0.3) is 0 Å². The molecule has 0 radical (unpaired) electrons. The zero-order chi connectivity index (χ0) is 10.7. The Morgan fingerprint density at radius 3 is 2.79 bits per heavy atom. The molecule has 80 valence electrons. The van der Waals surface area contributed by atoms with E-state index in [1.54, 1.807) is 6.92 Å². The average molecular weight is 282 g/mol. The first-order valence-electron chi connectivity index (χ1n) is 4.19. The van der Waals surface area contributed by atoms with E-state index in [-0.39, 0.29) is 28.0 Å². The van der Waals surface area contributed by atoms with Gasteiger partial charge in [0.05, 0.1) is 11.9 Å². The lowest BCUT2D eigenvalue weighted by atomic mass is 10.2. The summed E-state index contributed by atoms with van der Waals surface area (Å²) in [5, 5.41) is 2.63. The number of Topliss-reactive ketones (excluding diaryl/α,β-unsaturated/α-hetero) is 1. The van der Waals surface area contributed by atoms with E-state index < -0.39 is 0 Å². The Morgan fingerprint density at radius 2 is 2.29 bits per heavy atom. The molecule has 3 unspecified atom stereocenters. The van der Waals surface area contributed by atoms with E-state index in [1.165, 1.54) is 18.9 Å². The molecule has 3 atom stereocenters. The summed E-state index contributed by atoms with van der Waals surface area (Å²) in [5.74, 6) is 0.333. The van der Waals surface area contributed by atoms with Gasteiger partial charge in [-0.2, -0.15) is 0 Å². The minimum Gasteiger partial charge on any atom is -0.468 e. The van der Waals surface area contributed by atoms with Crippen LogP contribution in [0.1, 0.15) is 6.92 Å². The summed E-state index contributed by atoms with van der Waals surface area (Å²) in [6.45, 7) is 1.77. The van der Waals surface area contributed by atoms with Gasteiger partial charge in [0.1, 0.15) is 11.4 Å². The summed E-state index contributed by atoms with van der Waals surface area (Å²) in [6, 6.07) is -0.356. The highest BCUT2D eigenvalue weighted by molar-refractivity contribution is 9.10. The third kappa shape index (κ3) is 2.71. The molecule has 0 spiro atoms. The quantitative estimate of drug-likeness (QED) is 0.605. The maximum atomic E-state index is 11.5. The molecule has 0 aromatic heterocycles. The van der Waals surface area contributed by atoms with Crippen LogP contribution in [0.4, 0.5) is 0 Å². The van der Waals surface area contributed by atoms with Gasteiger partial charge in [-0.25, -0.2) is 0 Å². The molecule has 1 aliphatic heterocycles. The number of ketones is 1. The van der Waals surface area contributed by atoms with Crippen molar-refractivity contribution in [3.8, 4) is 0 Å². The van der Waals surface area contributed by atoms with Crippen LogP contribution >= 0.6 is 27.7 Å². The van der Waals surface area contributed by atoms with Crippen molar-refractivity contribution in [2.24, 2.45) is 0 Å². The van der Waals surface area contributed by atoms with Gasteiger partial charge in [0, 0.05) is 5.75 Å². The van der Waals surface area contributed by atoms with E-state index in [0.717, 1.165) is 0 Å². The molecule has 14 heavy (non-hydrogen) atoms. The number of hydrogen-bond donors (Lipinski definition) is 1. The predicted molar refractivity (Wildman–Crippen MR) is 58.6 cm³/mol. The topological polar surface area (TPSA) is 55.4 Å². The zero-order valence-electron chi connectivity index (χ0n) is 7.95. The molecule has 0 amide bonds. The second-order valence-electron chi connectivity index (χ2n) is 2.97. The molecule has 0 aliphatic carbocycles. The molecule has 1 saturated heterocycles. The Bertz CT molecular complexity index is 247. The van der Waals surface area contributed by atoms with E-state index in [2.05, 4.69) is 26.0 Å². The van der Waals surface area contributed by atoms with Crippen LogP contribution in [-0.2, 0) is 14.3 Å². The van der Waals surface area contributed by atoms with Crippen molar-refractivity contribution in [3.05, 3.63) is 0 Å². The van der Waals surface area contributed by atoms with Crippen LogP contribution in [0.25, 0.3) is 0 Å². The fourth-order valence-electron chi connectivity index (χ4n) is 1.12. The van der Waals surface area contributed by atoms with Gasteiger partial charge >= 0.3 is 5.97 Å². The molecule has 1 N–H and O–H groups in total. The summed E-state index contributed by atoms with van der Waals surface area (Å²) in [4.78, 5) is 22.5. The molecule has 1 heterocycles. The summed E-state index contributed by atoms with van der Waals surface area (Å²) in [7, 11) is 1.34. The second-order valence-corrected chi connectivity index (χ2v) is 5.49. The van der Waals surface area contributed by atoms with E-state index in [0.29, 0.717) is 5.75 Å². The Hall–Kier alpha value is -0.0700. The summed E-state index contributed by atoms with van der Waals surface area (Å²) in [6.07, 6.45) is 0. The minimum absolute atomic E-state index is 0.0569. The Balaban J connectivity index is 2.49. The van der Waals surface area contributed by atoms with E-state index in [4.69, 9.17) is 0 Å². The van der Waals surface area contributed by atoms with E-state index >= 15 is 0 Å². The van der Waals surface area contributed by atoms with Crippen LogP contribution in [0.2, 0.25) is 0 Å². The van der Waals surface area contributed by atoms with Crippen LogP contribution in [0.3, 0.4) is 0 Å². The lowest BCUT2D eigenvalue weighted by molar-refractivity contribution is -0.142. The molecular formula is C8H12BrNO3S. The standard InChI is InChI=1S/C8H12BrNO3S/c1-4(9)6(11)7-10-5(3-14-7)8(12)13-2/h4-5,7,10H,3H2,1-2H3. The van der Waals surface area contributed by atoms with Crippen molar-refractivity contribution in [1.82, 2.24) is 5.32 Å². The normalized spacial score (nSPS) is 28.5. The first kappa shape index (κ1) is 12.0. The smallest absolute Gasteiger partial charge is 0.323 e. The van der Waals surface area contributed by atoms with E-state index in [9.17, 15) is 9.59 Å². The largest absolute Gasteiger partial charge is 0.468 e. The maximum Gasteiger partial charge on any atom is 0.323 e. The molecule has 0 bridgehead atoms. The number of halogens is 1. The number of esters is 1. The van der Waals surface area contributed by atoms with Crippen LogP contribution < -0.4 is 5.32 Å². The number of carbonyl (C=O) groups is 2. The minimum atomic E-state index is -0.356. The number of alkyl halides is 1. The van der Waals surface area contributed by atoms with Crippen LogP contribution in [0, 0.1) is 0 Å². The third-order valence-corrected chi connectivity index (χ3v) is 3.60. The van der Waals surface area contributed by atoms with Crippen molar-refractivity contribution >= 4 is 39.4 Å². The van der Waals surface area contributed by atoms with Gasteiger partial charge < -0.3 is 4.74 Å². The molecule has 1 aliphatic rings. The molecule has 0 aromatic rings. The Kier molecular flexibility index (Phi) is 4.40. The molecule has 4 nitrogen and oxygen atoms in total. The fourth-order valence-corrected chi connectivity index (χ4v) is 2.81. The average Bonchev–Trinajstić information content (AvgIpc) is 2.64. The first-order valence-corrected chi connectivity index (χ1v) is 6.16. The number of carbonyl (C=O) groups excluding carboxylic acids is 2. The van der Waals surface area contributed by atoms with E-state index in [1.807, 2.05) is 0 Å². The monoisotopic (exact) mass is 281 g/mol. The number of nitrogens with one attached hydrogen (secondary N) is 1. The summed E-state index contributed by atoms with van der Waals surface area (Å²) >= 11 is 4.64. The van der Waals surface area contributed by atoms with Gasteiger partial charge in [0.15, 0.2) is 5.78 Å². The molecule has 1 fully saturated rings. The lowest BCUT2D eigenvalue weighted by Gasteiger charge is -2.11. The molecule has 1 rings (SSSR count). The highest BCUT2D eigenvalue weighted by Crippen LogP contribution is 2.22. The van der Waals surface area contributed by atoms with Crippen molar-refractivity contribution in [3.63, 3.8) is 0 Å². The molecule has 6 heteroatoms. The van der Waals surface area contributed by atoms with Gasteiger partial charge in [-0.05, 0) is 6.92 Å². The predicted octanol–water partition coefficient (Wildman–Crippen LogP) is 0.543. The summed E-state index contributed by atoms with van der Waals surface area (Å²) in [5.41, 5.74) is 0. The highest BCUT2D eigenvalue weighted by Gasteiger charge is 2.35. The van der Waals surface area contributed by atoms with Gasteiger partial charge in [-0.3, -0.25) is 14.9 Å². The van der Waals surface area contributed by atoms with Crippen molar-refractivity contribution in [2.45, 2.75) is 23.2 Å². The van der Waals surface area contributed by atoms with Gasteiger partial charge in [-0.15, -0.1) is 11.8 Å². The zero-order valence-corrected chi connectivity index (χ0v) is 10.4. The molecular weight excluding hydrogens is 270 g/mol. The van der Waals surface area contributed by atoms with Crippen LogP contribution in [-0.4, -0.2) is 40.9 Å². The SMILES string of the molecule is COC(=O)C1CSC(C(=O)C(C)Br)N1. The van der Waals surface area contributed by atoms with Crippen molar-refractivity contribution in [1.29, 1.82) is 0 Å². The highest BCUT2D eigenvalue weighted by atomic mass is 79.9. The van der Waals surface area contributed by atoms with Crippen LogP contribution in [0.15, 0.2) is 0 Å². The van der Waals surface area contributed by atoms with Crippen molar-refractivity contribution in [2.75, 3.05) is 12.9 Å². The van der Waals surface area contributed by atoms with Gasteiger partial charge in [0.2, 0.25) is 0 Å². The lowest BCUT2D eigenvalue weighted by Crippen LogP contribution is -2.42. The van der Waals surface area contributed by atoms with Crippen molar-refractivity contribution < 1.29 is 14.3 Å². The number of ether oxygens (including phenoxy) is 1. The molecule has 0 saturated carbocycles. The van der Waals surface area contributed by atoms with Crippen LogP contribution in [0.5, 0.6) is 0 Å². The summed E-state index contributed by atoms with van der Waals surface area (Å²) < 4.78 is 4.58. The first-order chi connectivity index (χ1) is 6.56. The fraction of sp³-hybridized carbons (Fsp3) is 0.750. The number of methoxy groups -OCH3 is 1. The van der Waals surface area contributed by atoms with Gasteiger partial charge in [-0.1, -0.05) is 15.9 Å². The Morgan fingerprint density at radius 1 is 1.64 bits per heavy atom. The maximum absolute atomic E-state index is 11.5. The Labute approximate surface area is 95.3 Å². The number of rotatable bonds is 3. The number of thioether (sulfide) groups is 1. The second kappa shape index (κ2) is 5.14.